The number of aromatic nitrogens is 2. The molecule has 0 atom stereocenters. The molecule has 4 N–H and O–H groups in total. The largest absolute Gasteiger partial charge is 0.369 e. The maximum atomic E-state index is 5.17. The van der Waals surface area contributed by atoms with Crippen molar-refractivity contribution in [2.45, 2.75) is 13.3 Å². The fourth-order valence-corrected chi connectivity index (χ4v) is 0.774. The Balaban J connectivity index is 2.60. The molecule has 0 saturated heterocycles. The van der Waals surface area contributed by atoms with E-state index in [1.807, 2.05) is 0 Å². The number of nitrogens with zero attached hydrogens (tertiary/aromatic N) is 2. The molecule has 0 aromatic carbocycles. The van der Waals surface area contributed by atoms with Crippen LogP contribution in [0.3, 0.4) is 0 Å². The number of nitrogens with one attached hydrogen (secondary N) is 2. The lowest BCUT2D eigenvalue weighted by molar-refractivity contribution is 0.964. The summed E-state index contributed by atoms with van der Waals surface area (Å²) in [6.45, 7) is 2.98. The molecular formula is C7H13N5. The number of nitrogens with two attached hydrogens (primary N) is 1. The van der Waals surface area contributed by atoms with Crippen molar-refractivity contribution in [1.82, 2.24) is 9.97 Å². The summed E-state index contributed by atoms with van der Waals surface area (Å²) in [6, 6.07) is 0. The first-order chi connectivity index (χ1) is 5.86. The summed E-state index contributed by atoms with van der Waals surface area (Å²) in [7, 11) is 0. The number of hydrogen-bond acceptors (Lipinski definition) is 5. The topological polar surface area (TPSA) is 75.9 Å². The van der Waals surface area contributed by atoms with Crippen molar-refractivity contribution in [1.29, 1.82) is 0 Å². The molecule has 1 heterocycles. The third kappa shape index (κ3) is 2.35. The van der Waals surface area contributed by atoms with E-state index in [-0.39, 0.29) is 0 Å². The number of hydrogen-bond donors (Lipinski definition) is 3. The quantitative estimate of drug-likeness (QED) is 0.452. The van der Waals surface area contributed by atoms with Crippen LogP contribution in [0.1, 0.15) is 13.3 Å². The molecule has 0 spiro atoms. The highest BCUT2D eigenvalue weighted by atomic mass is 15.3. The first-order valence-corrected chi connectivity index (χ1v) is 3.89. The molecule has 0 aliphatic carbocycles. The van der Waals surface area contributed by atoms with Gasteiger partial charge in [-0.05, 0) is 6.42 Å². The van der Waals surface area contributed by atoms with Crippen molar-refractivity contribution < 1.29 is 0 Å². The second-order valence-electron chi connectivity index (χ2n) is 2.36. The first kappa shape index (κ1) is 8.73. The van der Waals surface area contributed by atoms with Crippen LogP contribution in [0.2, 0.25) is 0 Å². The molecule has 1 aromatic rings. The van der Waals surface area contributed by atoms with E-state index in [1.165, 1.54) is 0 Å². The standard InChI is InChI=1S/C7H13N5/c1-2-3-10-6-4-9-5-7(11-6)12-8/h4-5H,2-3,8H2,1H3,(H2,10,11,12). The molecule has 5 heteroatoms. The summed E-state index contributed by atoms with van der Waals surface area (Å²) in [6.07, 6.45) is 4.29. The second-order valence-corrected chi connectivity index (χ2v) is 2.36. The zero-order valence-corrected chi connectivity index (χ0v) is 7.04. The molecule has 12 heavy (non-hydrogen) atoms. The van der Waals surface area contributed by atoms with Gasteiger partial charge in [0.2, 0.25) is 0 Å². The smallest absolute Gasteiger partial charge is 0.160 e. The molecule has 0 radical (unpaired) electrons. The van der Waals surface area contributed by atoms with Gasteiger partial charge in [0.05, 0.1) is 12.4 Å². The van der Waals surface area contributed by atoms with Gasteiger partial charge >= 0.3 is 0 Å². The lowest BCUT2D eigenvalue weighted by Crippen LogP contribution is -2.10. The van der Waals surface area contributed by atoms with Crippen molar-refractivity contribution in [2.75, 3.05) is 17.3 Å². The predicted molar refractivity (Wildman–Crippen MR) is 48.6 cm³/mol. The lowest BCUT2D eigenvalue weighted by atomic mass is 10.5. The molecule has 1 rings (SSSR count). The number of hydrazine groups is 1. The van der Waals surface area contributed by atoms with Crippen LogP contribution in [0.25, 0.3) is 0 Å². The number of anilines is 2. The van der Waals surface area contributed by atoms with Gasteiger partial charge in [-0.25, -0.2) is 10.8 Å². The van der Waals surface area contributed by atoms with Gasteiger partial charge in [0.1, 0.15) is 5.82 Å². The van der Waals surface area contributed by atoms with Crippen molar-refractivity contribution >= 4 is 11.6 Å². The van der Waals surface area contributed by atoms with Gasteiger partial charge in [-0.15, -0.1) is 0 Å². The number of rotatable bonds is 4. The van der Waals surface area contributed by atoms with Crippen molar-refractivity contribution in [3.63, 3.8) is 0 Å². The Morgan fingerprint density at radius 1 is 1.42 bits per heavy atom. The molecular weight excluding hydrogens is 154 g/mol. The Bertz CT molecular complexity index is 237. The molecule has 0 unspecified atom stereocenters. The van der Waals surface area contributed by atoms with E-state index in [0.29, 0.717) is 5.82 Å². The molecule has 0 amide bonds. The molecule has 0 aliphatic heterocycles. The summed E-state index contributed by atoms with van der Waals surface area (Å²) >= 11 is 0. The van der Waals surface area contributed by atoms with Crippen LogP contribution in [-0.2, 0) is 0 Å². The van der Waals surface area contributed by atoms with E-state index in [0.717, 1.165) is 18.8 Å². The van der Waals surface area contributed by atoms with Crippen molar-refractivity contribution in [3.8, 4) is 0 Å². The Labute approximate surface area is 71.4 Å². The Morgan fingerprint density at radius 2 is 2.17 bits per heavy atom. The van der Waals surface area contributed by atoms with Crippen molar-refractivity contribution in [3.05, 3.63) is 12.4 Å². The first-order valence-electron chi connectivity index (χ1n) is 3.89. The lowest BCUT2D eigenvalue weighted by Gasteiger charge is -2.04. The summed E-state index contributed by atoms with van der Waals surface area (Å²) < 4.78 is 0. The van der Waals surface area contributed by atoms with E-state index >= 15 is 0 Å². The minimum absolute atomic E-state index is 0.566. The molecule has 66 valence electrons. The van der Waals surface area contributed by atoms with Crippen LogP contribution in [0.5, 0.6) is 0 Å². The average Bonchev–Trinajstić information content (AvgIpc) is 2.15. The average molecular weight is 167 g/mol. The Hall–Kier alpha value is -1.36. The van der Waals surface area contributed by atoms with Crippen molar-refractivity contribution in [2.24, 2.45) is 5.84 Å². The van der Waals surface area contributed by atoms with Crippen LogP contribution in [0.4, 0.5) is 11.6 Å². The maximum Gasteiger partial charge on any atom is 0.160 e. The molecule has 0 saturated carbocycles. The normalized spacial score (nSPS) is 9.50. The van der Waals surface area contributed by atoms with E-state index in [4.69, 9.17) is 5.84 Å². The molecule has 0 aliphatic rings. The fraction of sp³-hybridized carbons (Fsp3) is 0.429. The van der Waals surface area contributed by atoms with Gasteiger partial charge < -0.3 is 10.7 Å². The van der Waals surface area contributed by atoms with Crippen LogP contribution < -0.4 is 16.6 Å². The monoisotopic (exact) mass is 167 g/mol. The molecule has 1 aromatic heterocycles. The maximum absolute atomic E-state index is 5.17. The van der Waals surface area contributed by atoms with Gasteiger partial charge in [0.25, 0.3) is 0 Å². The van der Waals surface area contributed by atoms with E-state index < -0.39 is 0 Å². The minimum atomic E-state index is 0.566. The summed E-state index contributed by atoms with van der Waals surface area (Å²) in [5.74, 6) is 6.48. The highest BCUT2D eigenvalue weighted by Gasteiger charge is 1.94. The zero-order chi connectivity index (χ0) is 8.81. The van der Waals surface area contributed by atoms with E-state index in [9.17, 15) is 0 Å². The minimum Gasteiger partial charge on any atom is -0.369 e. The number of nitrogen functional groups attached to an aromatic ring is 1. The third-order valence-electron chi connectivity index (χ3n) is 1.34. The highest BCUT2D eigenvalue weighted by Crippen LogP contribution is 2.04. The highest BCUT2D eigenvalue weighted by molar-refractivity contribution is 5.40. The van der Waals surface area contributed by atoms with Crippen LogP contribution >= 0.6 is 0 Å². The third-order valence-corrected chi connectivity index (χ3v) is 1.34. The molecule has 0 bridgehead atoms. The fourth-order valence-electron chi connectivity index (χ4n) is 0.774. The SMILES string of the molecule is CCCNc1cncc(NN)n1. The molecule has 5 nitrogen and oxygen atoms in total. The Kier molecular flexibility index (Phi) is 3.28. The predicted octanol–water partition coefficient (Wildman–Crippen LogP) is 0.584. The van der Waals surface area contributed by atoms with Gasteiger partial charge in [-0.2, -0.15) is 0 Å². The zero-order valence-electron chi connectivity index (χ0n) is 7.04. The summed E-state index contributed by atoms with van der Waals surface area (Å²) in [5.41, 5.74) is 2.43. The summed E-state index contributed by atoms with van der Waals surface area (Å²) in [4.78, 5) is 8.06. The van der Waals surface area contributed by atoms with E-state index in [2.05, 4.69) is 27.6 Å². The van der Waals surface area contributed by atoms with Gasteiger partial charge in [-0.1, -0.05) is 6.92 Å². The van der Waals surface area contributed by atoms with Gasteiger partial charge in [0.15, 0.2) is 5.82 Å². The Morgan fingerprint density at radius 3 is 2.83 bits per heavy atom. The van der Waals surface area contributed by atoms with E-state index in [1.54, 1.807) is 12.4 Å². The van der Waals surface area contributed by atoms with Crippen LogP contribution in [-0.4, -0.2) is 16.5 Å². The molecule has 0 fully saturated rings. The summed E-state index contributed by atoms with van der Waals surface area (Å²) in [5, 5.41) is 3.10. The van der Waals surface area contributed by atoms with Crippen LogP contribution in [0, 0.1) is 0 Å². The van der Waals surface area contributed by atoms with Crippen LogP contribution in [0.15, 0.2) is 12.4 Å². The second kappa shape index (κ2) is 4.50. The van der Waals surface area contributed by atoms with Gasteiger partial charge in [0, 0.05) is 6.54 Å². The van der Waals surface area contributed by atoms with Gasteiger partial charge in [-0.3, -0.25) is 4.98 Å².